The second-order valence-electron chi connectivity index (χ2n) is 8.41. The van der Waals surface area contributed by atoms with Crippen LogP contribution in [0, 0.1) is 19.8 Å². The molecule has 32 heavy (non-hydrogen) atoms. The zero-order chi connectivity index (χ0) is 22.3. The van der Waals surface area contributed by atoms with E-state index in [1.807, 2.05) is 49.4 Å². The summed E-state index contributed by atoms with van der Waals surface area (Å²) in [6.07, 6.45) is 1.16. The van der Waals surface area contributed by atoms with Gasteiger partial charge in [-0.25, -0.2) is 0 Å². The maximum Gasteiger partial charge on any atom is 0.122 e. The van der Waals surface area contributed by atoms with Gasteiger partial charge in [0.1, 0.15) is 5.75 Å². The highest BCUT2D eigenvalue weighted by Crippen LogP contribution is 2.26. The summed E-state index contributed by atoms with van der Waals surface area (Å²) in [7, 11) is 0. The average molecular weight is 423 g/mol. The van der Waals surface area contributed by atoms with Gasteiger partial charge in [0.05, 0.1) is 12.1 Å². The molecule has 5 aromatic rings. The van der Waals surface area contributed by atoms with Crippen LogP contribution in [0.4, 0.5) is 0 Å². The van der Waals surface area contributed by atoms with Gasteiger partial charge >= 0.3 is 0 Å². The molecule has 6 rings (SSSR count). The lowest BCUT2D eigenvalue weighted by molar-refractivity contribution is 0.234. The number of hydrogen-bond acceptors (Lipinski definition) is 2. The number of nitrogens with one attached hydrogen (secondary N) is 1. The van der Waals surface area contributed by atoms with Gasteiger partial charge in [-0.1, -0.05) is 67.6 Å². The molecule has 0 bridgehead atoms. The van der Waals surface area contributed by atoms with E-state index in [2.05, 4.69) is 72.3 Å². The van der Waals surface area contributed by atoms with Crippen LogP contribution in [0.15, 0.2) is 91.0 Å². The fourth-order valence-corrected chi connectivity index (χ4v) is 3.87. The van der Waals surface area contributed by atoms with Crippen LogP contribution in [0.25, 0.3) is 21.8 Å². The zero-order valence-electron chi connectivity index (χ0n) is 19.0. The van der Waals surface area contributed by atoms with E-state index in [1.54, 1.807) is 0 Å². The number of pyridine rings is 1. The van der Waals surface area contributed by atoms with Crippen LogP contribution in [0.2, 0.25) is 0 Å². The molecule has 0 fully saturated rings. The molecule has 1 aliphatic rings. The van der Waals surface area contributed by atoms with Gasteiger partial charge in [-0.05, 0) is 67.5 Å². The van der Waals surface area contributed by atoms with Crippen LogP contribution >= 0.6 is 0 Å². The Hall–Kier alpha value is -3.59. The largest absolute Gasteiger partial charge is 0.493 e. The van der Waals surface area contributed by atoms with Crippen molar-refractivity contribution < 1.29 is 4.74 Å². The van der Waals surface area contributed by atoms with Crippen LogP contribution in [0.5, 0.6) is 5.75 Å². The van der Waals surface area contributed by atoms with Gasteiger partial charge in [-0.3, -0.25) is 4.98 Å². The number of ether oxygens (including phenoxy) is 1. The van der Waals surface area contributed by atoms with Gasteiger partial charge in [0, 0.05) is 22.3 Å². The quantitative estimate of drug-likeness (QED) is 0.285. The van der Waals surface area contributed by atoms with Crippen LogP contribution in [0.1, 0.15) is 23.9 Å². The third kappa shape index (κ3) is 5.55. The fraction of sp³-hybridized carbons (Fsp3) is 0.207. The second kappa shape index (κ2) is 10.1. The van der Waals surface area contributed by atoms with Crippen molar-refractivity contribution in [3.8, 4) is 5.75 Å². The summed E-state index contributed by atoms with van der Waals surface area (Å²) in [5.74, 6) is 1.75. The van der Waals surface area contributed by atoms with Crippen molar-refractivity contribution in [1.29, 1.82) is 0 Å². The average Bonchev–Trinajstić information content (AvgIpc) is 3.20. The molecular formula is C29H30N2O. The van der Waals surface area contributed by atoms with Crippen LogP contribution in [0.3, 0.4) is 0 Å². The van der Waals surface area contributed by atoms with Gasteiger partial charge in [0.25, 0.3) is 0 Å². The number of hydrogen-bond donors (Lipinski definition) is 1. The number of aromatic amines is 1. The Bertz CT molecular complexity index is 1270. The van der Waals surface area contributed by atoms with E-state index in [4.69, 9.17) is 4.74 Å². The Balaban J connectivity index is 0.000000115. The first-order valence-corrected chi connectivity index (χ1v) is 11.2. The monoisotopic (exact) mass is 422 g/mol. The predicted molar refractivity (Wildman–Crippen MR) is 134 cm³/mol. The summed E-state index contributed by atoms with van der Waals surface area (Å²) in [4.78, 5) is 7.63. The van der Waals surface area contributed by atoms with E-state index in [0.29, 0.717) is 5.92 Å². The Morgan fingerprint density at radius 3 is 2.38 bits per heavy atom. The van der Waals surface area contributed by atoms with Crippen molar-refractivity contribution in [3.05, 3.63) is 108 Å². The van der Waals surface area contributed by atoms with Gasteiger partial charge in [0.2, 0.25) is 0 Å². The predicted octanol–water partition coefficient (Wildman–Crippen LogP) is 7.28. The lowest BCUT2D eigenvalue weighted by Crippen LogP contribution is -2.17. The number of aryl methyl sites for hydroxylation is 2. The second-order valence-corrected chi connectivity index (χ2v) is 8.41. The van der Waals surface area contributed by atoms with E-state index in [9.17, 15) is 0 Å². The highest BCUT2D eigenvalue weighted by Gasteiger charge is 2.14. The SMILES string of the molecule is CC1COc2ccccc2C1.Cc1cc2ccccc2[nH]1.Cc1ccc2ccccc2n1. The molecule has 1 aliphatic heterocycles. The minimum absolute atomic E-state index is 0.671. The minimum atomic E-state index is 0.671. The number of H-pyrrole nitrogens is 1. The van der Waals surface area contributed by atoms with Crippen molar-refractivity contribution >= 4 is 21.8 Å². The molecule has 0 radical (unpaired) electrons. The summed E-state index contributed by atoms with van der Waals surface area (Å²) in [5.41, 5.74) is 5.95. The molecule has 1 unspecified atom stereocenters. The minimum Gasteiger partial charge on any atom is -0.493 e. The molecule has 1 N–H and O–H groups in total. The van der Waals surface area contributed by atoms with Crippen LogP contribution in [-0.2, 0) is 6.42 Å². The normalized spacial score (nSPS) is 14.4. The molecule has 162 valence electrons. The highest BCUT2D eigenvalue weighted by molar-refractivity contribution is 5.80. The van der Waals surface area contributed by atoms with E-state index >= 15 is 0 Å². The molecular weight excluding hydrogens is 392 g/mol. The number of para-hydroxylation sites is 3. The van der Waals surface area contributed by atoms with E-state index in [0.717, 1.165) is 30.0 Å². The van der Waals surface area contributed by atoms with Gasteiger partial charge in [-0.2, -0.15) is 0 Å². The summed E-state index contributed by atoms with van der Waals surface area (Å²) in [6, 6.07) is 31.0. The molecule has 3 heterocycles. The van der Waals surface area contributed by atoms with Crippen LogP contribution in [-0.4, -0.2) is 16.6 Å². The Morgan fingerprint density at radius 2 is 1.53 bits per heavy atom. The standard InChI is InChI=1S/C10H9N.C10H12O.C9H9N/c1-8-6-7-9-4-2-3-5-10(9)11-8;1-8-6-9-4-2-3-5-10(9)11-7-8;1-7-6-8-4-2-3-5-9(8)10-7/h2-7H,1H3;2-5,8H,6-7H2,1H3;2-6,10H,1H3. The number of rotatable bonds is 0. The molecule has 0 saturated heterocycles. The van der Waals surface area contributed by atoms with Gasteiger partial charge in [0.15, 0.2) is 0 Å². The lowest BCUT2D eigenvalue weighted by atomic mass is 9.99. The Labute approximate surface area is 190 Å². The van der Waals surface area contributed by atoms with Crippen molar-refractivity contribution in [2.45, 2.75) is 27.2 Å². The third-order valence-electron chi connectivity index (χ3n) is 5.47. The fourth-order valence-electron chi connectivity index (χ4n) is 3.87. The molecule has 0 saturated carbocycles. The molecule has 3 heteroatoms. The molecule has 3 aromatic carbocycles. The Morgan fingerprint density at radius 1 is 0.812 bits per heavy atom. The smallest absolute Gasteiger partial charge is 0.122 e. The van der Waals surface area contributed by atoms with Crippen molar-refractivity contribution in [1.82, 2.24) is 9.97 Å². The van der Waals surface area contributed by atoms with E-state index < -0.39 is 0 Å². The summed E-state index contributed by atoms with van der Waals surface area (Å²) in [6.45, 7) is 7.17. The molecule has 1 atom stereocenters. The van der Waals surface area contributed by atoms with E-state index in [1.165, 1.54) is 27.5 Å². The maximum atomic E-state index is 5.54. The first-order chi connectivity index (χ1) is 15.6. The third-order valence-corrected chi connectivity index (χ3v) is 5.47. The van der Waals surface area contributed by atoms with Crippen molar-refractivity contribution in [2.24, 2.45) is 5.92 Å². The molecule has 0 aliphatic carbocycles. The topological polar surface area (TPSA) is 37.9 Å². The zero-order valence-corrected chi connectivity index (χ0v) is 19.0. The molecule has 0 spiro atoms. The number of nitrogens with zero attached hydrogens (tertiary/aromatic N) is 1. The number of benzene rings is 3. The first kappa shape index (κ1) is 21.6. The first-order valence-electron chi connectivity index (χ1n) is 11.2. The lowest BCUT2D eigenvalue weighted by Gasteiger charge is -2.21. The molecule has 0 amide bonds. The van der Waals surface area contributed by atoms with E-state index in [-0.39, 0.29) is 0 Å². The Kier molecular flexibility index (Phi) is 6.86. The summed E-state index contributed by atoms with van der Waals surface area (Å²) >= 11 is 0. The van der Waals surface area contributed by atoms with Gasteiger partial charge in [-0.15, -0.1) is 0 Å². The molecule has 3 nitrogen and oxygen atoms in total. The molecule has 2 aromatic heterocycles. The number of aromatic nitrogens is 2. The van der Waals surface area contributed by atoms with Crippen molar-refractivity contribution in [2.75, 3.05) is 6.61 Å². The number of fused-ring (bicyclic) bond motifs is 3. The highest BCUT2D eigenvalue weighted by atomic mass is 16.5. The van der Waals surface area contributed by atoms with Crippen molar-refractivity contribution in [3.63, 3.8) is 0 Å². The summed E-state index contributed by atoms with van der Waals surface area (Å²) < 4.78 is 5.54. The maximum absolute atomic E-state index is 5.54. The summed E-state index contributed by atoms with van der Waals surface area (Å²) in [5, 5.41) is 2.50. The van der Waals surface area contributed by atoms with Gasteiger partial charge < -0.3 is 9.72 Å². The van der Waals surface area contributed by atoms with Crippen LogP contribution < -0.4 is 4.74 Å².